The molecule has 0 N–H and O–H groups in total. The summed E-state index contributed by atoms with van der Waals surface area (Å²) < 4.78 is 25.5. The lowest BCUT2D eigenvalue weighted by molar-refractivity contribution is 0.103. The molecule has 16 heavy (non-hydrogen) atoms. The van der Waals surface area contributed by atoms with Crippen LogP contribution in [0.5, 0.6) is 0 Å². The molecule has 0 aliphatic carbocycles. The van der Waals surface area contributed by atoms with Crippen molar-refractivity contribution in [3.8, 4) is 0 Å². The third-order valence-corrected chi connectivity index (χ3v) is 2.00. The Morgan fingerprint density at radius 2 is 1.94 bits per heavy atom. The monoisotopic (exact) mass is 220 g/mol. The van der Waals surface area contributed by atoms with Crippen molar-refractivity contribution in [2.24, 2.45) is 0 Å². The fraction of sp³-hybridized carbons (Fsp3) is 0. The van der Waals surface area contributed by atoms with Crippen molar-refractivity contribution in [2.75, 3.05) is 0 Å². The van der Waals surface area contributed by atoms with Crippen LogP contribution in [-0.4, -0.2) is 15.8 Å². The van der Waals surface area contributed by atoms with Gasteiger partial charge in [0, 0.05) is 11.8 Å². The van der Waals surface area contributed by atoms with Crippen molar-refractivity contribution in [1.29, 1.82) is 0 Å². The summed E-state index contributed by atoms with van der Waals surface area (Å²) in [5, 5.41) is 0. The highest BCUT2D eigenvalue weighted by atomic mass is 19.2. The molecule has 2 aromatic rings. The fourth-order valence-corrected chi connectivity index (χ4v) is 1.21. The third-order valence-electron chi connectivity index (χ3n) is 2.00. The molecule has 1 heterocycles. The lowest BCUT2D eigenvalue weighted by Gasteiger charge is -2.00. The van der Waals surface area contributed by atoms with Crippen molar-refractivity contribution >= 4 is 5.78 Å². The minimum atomic E-state index is -1.06. The number of aromatic nitrogens is 2. The van der Waals surface area contributed by atoms with Crippen molar-refractivity contribution in [3.05, 3.63) is 59.7 Å². The molecule has 3 nitrogen and oxygen atoms in total. The second kappa shape index (κ2) is 4.14. The smallest absolute Gasteiger partial charge is 0.211 e. The second-order valence-electron chi connectivity index (χ2n) is 3.05. The van der Waals surface area contributed by atoms with Crippen LogP contribution in [0.4, 0.5) is 8.78 Å². The van der Waals surface area contributed by atoms with E-state index >= 15 is 0 Å². The lowest BCUT2D eigenvalue weighted by Crippen LogP contribution is -2.04. The zero-order chi connectivity index (χ0) is 11.5. The van der Waals surface area contributed by atoms with Crippen LogP contribution in [0.3, 0.4) is 0 Å². The van der Waals surface area contributed by atoms with Crippen molar-refractivity contribution < 1.29 is 13.6 Å². The molecule has 0 atom stereocenters. The van der Waals surface area contributed by atoms with Crippen LogP contribution in [0.2, 0.25) is 0 Å². The van der Waals surface area contributed by atoms with Crippen molar-refractivity contribution in [3.63, 3.8) is 0 Å². The Labute approximate surface area is 89.8 Å². The van der Waals surface area contributed by atoms with Gasteiger partial charge < -0.3 is 0 Å². The molecule has 1 aromatic carbocycles. The highest BCUT2D eigenvalue weighted by Crippen LogP contribution is 2.11. The van der Waals surface area contributed by atoms with Gasteiger partial charge in [-0.3, -0.25) is 4.79 Å². The summed E-state index contributed by atoms with van der Waals surface area (Å²) >= 11 is 0. The fourth-order valence-electron chi connectivity index (χ4n) is 1.21. The van der Waals surface area contributed by atoms with Crippen LogP contribution in [-0.2, 0) is 0 Å². The highest BCUT2D eigenvalue weighted by molar-refractivity contribution is 6.07. The van der Waals surface area contributed by atoms with Gasteiger partial charge in [-0.05, 0) is 24.3 Å². The summed E-state index contributed by atoms with van der Waals surface area (Å²) in [5.41, 5.74) is 0.193. The van der Waals surface area contributed by atoms with Gasteiger partial charge in [0.2, 0.25) is 5.78 Å². The summed E-state index contributed by atoms with van der Waals surface area (Å²) in [5.74, 6) is -2.51. The van der Waals surface area contributed by atoms with Crippen LogP contribution in [0.15, 0.2) is 36.8 Å². The normalized spacial score (nSPS) is 10.1. The average Bonchev–Trinajstić information content (AvgIpc) is 2.33. The maximum absolute atomic E-state index is 12.9. The minimum absolute atomic E-state index is 0.0533. The van der Waals surface area contributed by atoms with Crippen molar-refractivity contribution in [2.45, 2.75) is 0 Å². The average molecular weight is 220 g/mol. The molecule has 2 rings (SSSR count). The van der Waals surface area contributed by atoms with Gasteiger partial charge in [-0.1, -0.05) is 0 Å². The first-order valence-corrected chi connectivity index (χ1v) is 4.44. The van der Waals surface area contributed by atoms with Gasteiger partial charge in [0.05, 0.1) is 0 Å². The van der Waals surface area contributed by atoms with E-state index in [4.69, 9.17) is 0 Å². The van der Waals surface area contributed by atoms with E-state index in [1.54, 1.807) is 0 Å². The van der Waals surface area contributed by atoms with Crippen LogP contribution < -0.4 is 0 Å². The Morgan fingerprint density at radius 1 is 1.12 bits per heavy atom. The molecule has 5 heteroatoms. The molecule has 0 unspecified atom stereocenters. The molecule has 0 saturated carbocycles. The number of hydrogen-bond acceptors (Lipinski definition) is 3. The van der Waals surface area contributed by atoms with Crippen LogP contribution in [0.1, 0.15) is 16.1 Å². The predicted molar refractivity (Wildman–Crippen MR) is 51.8 cm³/mol. The maximum atomic E-state index is 12.9. The van der Waals surface area contributed by atoms with Gasteiger partial charge >= 0.3 is 0 Å². The molecule has 0 bridgehead atoms. The molecule has 0 spiro atoms. The Bertz CT molecular complexity index is 529. The Balaban J connectivity index is 2.39. The Hall–Kier alpha value is -2.17. The number of hydrogen-bond donors (Lipinski definition) is 0. The molecule has 0 saturated heterocycles. The molecule has 0 fully saturated rings. The quantitative estimate of drug-likeness (QED) is 0.727. The predicted octanol–water partition coefficient (Wildman–Crippen LogP) is 1.99. The molecule has 0 aliphatic rings. The molecular weight excluding hydrogens is 214 g/mol. The van der Waals surface area contributed by atoms with E-state index < -0.39 is 17.4 Å². The van der Waals surface area contributed by atoms with E-state index in [-0.39, 0.29) is 11.3 Å². The SMILES string of the molecule is O=C(c1ccc(F)c(F)c1)c1ccncn1. The van der Waals surface area contributed by atoms with Gasteiger partial charge in [0.15, 0.2) is 11.6 Å². The summed E-state index contributed by atoms with van der Waals surface area (Å²) in [6.45, 7) is 0. The molecule has 0 radical (unpaired) electrons. The highest BCUT2D eigenvalue weighted by Gasteiger charge is 2.12. The van der Waals surface area contributed by atoms with Gasteiger partial charge in [0.25, 0.3) is 0 Å². The molecule has 0 amide bonds. The van der Waals surface area contributed by atoms with Crippen LogP contribution in [0, 0.1) is 11.6 Å². The second-order valence-corrected chi connectivity index (χ2v) is 3.05. The Kier molecular flexibility index (Phi) is 2.68. The maximum Gasteiger partial charge on any atom is 0.211 e. The topological polar surface area (TPSA) is 42.9 Å². The summed E-state index contributed by atoms with van der Waals surface area (Å²) in [6.07, 6.45) is 2.62. The number of nitrogens with zero attached hydrogens (tertiary/aromatic N) is 2. The Morgan fingerprint density at radius 3 is 2.56 bits per heavy atom. The van der Waals surface area contributed by atoms with Crippen molar-refractivity contribution in [1.82, 2.24) is 9.97 Å². The number of carbonyl (C=O) groups excluding carboxylic acids is 1. The molecule has 0 aliphatic heterocycles. The largest absolute Gasteiger partial charge is 0.287 e. The third kappa shape index (κ3) is 1.93. The molecular formula is C11H6F2N2O. The first kappa shape index (κ1) is 10.4. The standard InChI is InChI=1S/C11H6F2N2O/c12-8-2-1-7(5-9(8)13)11(16)10-3-4-14-6-15-10/h1-6H. The van der Waals surface area contributed by atoms with Gasteiger partial charge in [-0.15, -0.1) is 0 Å². The van der Waals surface area contributed by atoms with E-state index in [0.29, 0.717) is 0 Å². The van der Waals surface area contributed by atoms with E-state index in [9.17, 15) is 13.6 Å². The van der Waals surface area contributed by atoms with E-state index in [1.165, 1.54) is 24.7 Å². The van der Waals surface area contributed by atoms with Gasteiger partial charge in [-0.25, -0.2) is 18.7 Å². The molecule has 80 valence electrons. The lowest BCUT2D eigenvalue weighted by atomic mass is 10.1. The van der Waals surface area contributed by atoms with Gasteiger partial charge in [-0.2, -0.15) is 0 Å². The number of carbonyl (C=O) groups is 1. The zero-order valence-corrected chi connectivity index (χ0v) is 8.02. The van der Waals surface area contributed by atoms with E-state index in [2.05, 4.69) is 9.97 Å². The van der Waals surface area contributed by atoms with E-state index in [0.717, 1.165) is 12.1 Å². The zero-order valence-electron chi connectivity index (χ0n) is 8.02. The minimum Gasteiger partial charge on any atom is -0.287 e. The summed E-state index contributed by atoms with van der Waals surface area (Å²) in [6, 6.07) is 4.37. The summed E-state index contributed by atoms with van der Waals surface area (Å²) in [7, 11) is 0. The first-order valence-electron chi connectivity index (χ1n) is 4.44. The number of rotatable bonds is 2. The molecule has 1 aromatic heterocycles. The van der Waals surface area contributed by atoms with E-state index in [1.807, 2.05) is 0 Å². The number of ketones is 1. The number of halogens is 2. The number of benzene rings is 1. The first-order chi connectivity index (χ1) is 7.68. The van der Waals surface area contributed by atoms with Crippen LogP contribution in [0.25, 0.3) is 0 Å². The summed E-state index contributed by atoms with van der Waals surface area (Å²) in [4.78, 5) is 19.1. The van der Waals surface area contributed by atoms with Crippen LogP contribution >= 0.6 is 0 Å². The van der Waals surface area contributed by atoms with Gasteiger partial charge in [0.1, 0.15) is 12.0 Å².